The van der Waals surface area contributed by atoms with Gasteiger partial charge in [0.1, 0.15) is 12.4 Å². The molecular weight excluding hydrogens is 399 g/mol. The number of halogens is 1. The van der Waals surface area contributed by atoms with Crippen molar-refractivity contribution in [3.8, 4) is 11.3 Å². The number of carbonyl (C=O) groups is 2. The van der Waals surface area contributed by atoms with Gasteiger partial charge in [0.05, 0.1) is 11.7 Å². The highest BCUT2D eigenvalue weighted by atomic mass is 19.1. The molecule has 1 aliphatic rings. The van der Waals surface area contributed by atoms with Crippen molar-refractivity contribution < 1.29 is 14.0 Å². The Kier molecular flexibility index (Phi) is 5.92. The molecule has 0 bridgehead atoms. The van der Waals surface area contributed by atoms with E-state index in [0.717, 1.165) is 22.5 Å². The van der Waals surface area contributed by atoms with Gasteiger partial charge in [-0.05, 0) is 35.9 Å². The topological polar surface area (TPSA) is 92.2 Å². The highest BCUT2D eigenvalue weighted by molar-refractivity contribution is 5.78. The molecule has 1 aliphatic heterocycles. The van der Waals surface area contributed by atoms with Crippen molar-refractivity contribution in [2.45, 2.75) is 19.0 Å². The van der Waals surface area contributed by atoms with E-state index in [1.165, 1.54) is 12.1 Å². The molecule has 3 heterocycles. The number of benzene rings is 1. The van der Waals surface area contributed by atoms with Crippen LogP contribution in [0.3, 0.4) is 0 Å². The SMILES string of the molecule is CNC(=O)NC1CN(C(=O)Cn2nc(-c3ccncc3)cc2Cc2ccc(F)cc2)C1. The minimum absolute atomic E-state index is 0.0485. The van der Waals surface area contributed by atoms with E-state index >= 15 is 0 Å². The lowest BCUT2D eigenvalue weighted by Crippen LogP contribution is -2.62. The summed E-state index contributed by atoms with van der Waals surface area (Å²) in [4.78, 5) is 29.9. The monoisotopic (exact) mass is 422 g/mol. The van der Waals surface area contributed by atoms with Gasteiger partial charge in [-0.25, -0.2) is 9.18 Å². The number of urea groups is 1. The molecule has 0 saturated carbocycles. The van der Waals surface area contributed by atoms with E-state index in [-0.39, 0.29) is 30.3 Å². The summed E-state index contributed by atoms with van der Waals surface area (Å²) in [5.74, 6) is -0.359. The Balaban J connectivity index is 1.50. The first-order chi connectivity index (χ1) is 15.0. The number of nitrogens with one attached hydrogen (secondary N) is 2. The van der Waals surface area contributed by atoms with E-state index in [4.69, 9.17) is 0 Å². The number of likely N-dealkylation sites (tertiary alicyclic amines) is 1. The van der Waals surface area contributed by atoms with Crippen molar-refractivity contribution in [2.75, 3.05) is 20.1 Å². The zero-order valence-electron chi connectivity index (χ0n) is 17.1. The summed E-state index contributed by atoms with van der Waals surface area (Å²) in [6, 6.07) is 11.7. The highest BCUT2D eigenvalue weighted by Crippen LogP contribution is 2.21. The molecule has 2 N–H and O–H groups in total. The number of hydrogen-bond acceptors (Lipinski definition) is 4. The van der Waals surface area contributed by atoms with Gasteiger partial charge in [0, 0.05) is 50.2 Å². The van der Waals surface area contributed by atoms with Crippen LogP contribution in [0.4, 0.5) is 9.18 Å². The van der Waals surface area contributed by atoms with Crippen LogP contribution in [-0.4, -0.2) is 57.8 Å². The van der Waals surface area contributed by atoms with Crippen molar-refractivity contribution in [3.05, 3.63) is 71.9 Å². The van der Waals surface area contributed by atoms with Gasteiger partial charge in [0.2, 0.25) is 5.91 Å². The van der Waals surface area contributed by atoms with Gasteiger partial charge in [0.15, 0.2) is 0 Å². The molecule has 3 aromatic rings. The third-order valence-electron chi connectivity index (χ3n) is 5.22. The maximum absolute atomic E-state index is 13.3. The molecule has 4 rings (SSSR count). The molecule has 2 aromatic heterocycles. The lowest BCUT2D eigenvalue weighted by Gasteiger charge is -2.39. The third kappa shape index (κ3) is 4.88. The molecule has 0 spiro atoms. The smallest absolute Gasteiger partial charge is 0.314 e. The minimum Gasteiger partial charge on any atom is -0.341 e. The molecule has 8 nitrogen and oxygen atoms in total. The molecule has 31 heavy (non-hydrogen) atoms. The minimum atomic E-state index is -0.289. The van der Waals surface area contributed by atoms with Crippen LogP contribution >= 0.6 is 0 Å². The van der Waals surface area contributed by atoms with Crippen LogP contribution in [0.5, 0.6) is 0 Å². The number of pyridine rings is 1. The fourth-order valence-corrected chi connectivity index (χ4v) is 3.47. The molecule has 9 heteroatoms. The van der Waals surface area contributed by atoms with Gasteiger partial charge in [-0.2, -0.15) is 5.10 Å². The van der Waals surface area contributed by atoms with Crippen molar-refractivity contribution in [1.29, 1.82) is 0 Å². The van der Waals surface area contributed by atoms with Gasteiger partial charge in [-0.15, -0.1) is 0 Å². The van der Waals surface area contributed by atoms with E-state index < -0.39 is 0 Å². The van der Waals surface area contributed by atoms with Gasteiger partial charge in [0.25, 0.3) is 0 Å². The number of rotatable bonds is 6. The first kappa shape index (κ1) is 20.5. The Morgan fingerprint density at radius 1 is 1.13 bits per heavy atom. The second-order valence-corrected chi connectivity index (χ2v) is 7.44. The zero-order valence-corrected chi connectivity index (χ0v) is 17.1. The summed E-state index contributed by atoms with van der Waals surface area (Å²) in [6.07, 6.45) is 3.91. The number of carbonyl (C=O) groups excluding carboxylic acids is 2. The van der Waals surface area contributed by atoms with Crippen molar-refractivity contribution in [3.63, 3.8) is 0 Å². The predicted octanol–water partition coefficient (Wildman–Crippen LogP) is 1.81. The molecule has 1 saturated heterocycles. The number of amides is 3. The van der Waals surface area contributed by atoms with Crippen LogP contribution in [0.25, 0.3) is 11.3 Å². The van der Waals surface area contributed by atoms with E-state index in [9.17, 15) is 14.0 Å². The quantitative estimate of drug-likeness (QED) is 0.634. The number of hydrogen-bond donors (Lipinski definition) is 2. The van der Waals surface area contributed by atoms with Crippen LogP contribution in [0.1, 0.15) is 11.3 Å². The average molecular weight is 422 g/mol. The summed E-state index contributed by atoms with van der Waals surface area (Å²) < 4.78 is 15.0. The number of nitrogens with zero attached hydrogens (tertiary/aromatic N) is 4. The summed E-state index contributed by atoms with van der Waals surface area (Å²) in [5.41, 5.74) is 3.43. The molecule has 3 amide bonds. The molecule has 160 valence electrons. The molecular formula is C22H23FN6O2. The molecule has 0 radical (unpaired) electrons. The van der Waals surface area contributed by atoms with E-state index in [1.807, 2.05) is 18.2 Å². The Morgan fingerprint density at radius 2 is 1.84 bits per heavy atom. The molecule has 1 fully saturated rings. The lowest BCUT2D eigenvalue weighted by molar-refractivity contribution is -0.136. The third-order valence-corrected chi connectivity index (χ3v) is 5.22. The lowest BCUT2D eigenvalue weighted by atomic mass is 10.1. The van der Waals surface area contributed by atoms with E-state index in [2.05, 4.69) is 20.7 Å². The molecule has 0 unspecified atom stereocenters. The first-order valence-corrected chi connectivity index (χ1v) is 9.99. The maximum atomic E-state index is 13.3. The predicted molar refractivity (Wildman–Crippen MR) is 113 cm³/mol. The second kappa shape index (κ2) is 8.95. The second-order valence-electron chi connectivity index (χ2n) is 7.44. The Bertz CT molecular complexity index is 1060. The van der Waals surface area contributed by atoms with Crippen molar-refractivity contribution in [1.82, 2.24) is 30.3 Å². The fraction of sp³-hybridized carbons (Fsp3) is 0.273. The van der Waals surface area contributed by atoms with Gasteiger partial charge in [-0.3, -0.25) is 14.5 Å². The van der Waals surface area contributed by atoms with Crippen LogP contribution in [0.15, 0.2) is 54.9 Å². The highest BCUT2D eigenvalue weighted by Gasteiger charge is 2.32. The van der Waals surface area contributed by atoms with Crippen molar-refractivity contribution in [2.24, 2.45) is 0 Å². The Labute approximate surface area is 179 Å². The fourth-order valence-electron chi connectivity index (χ4n) is 3.47. The standard InChI is InChI=1S/C22H23FN6O2/c1-24-22(31)26-18-12-28(13-18)21(30)14-29-19(10-15-2-4-17(23)5-3-15)11-20(27-29)16-6-8-25-9-7-16/h2-9,11,18H,10,12-14H2,1H3,(H2,24,26,31). The van der Waals surface area contributed by atoms with Gasteiger partial charge < -0.3 is 15.5 Å². The summed E-state index contributed by atoms with van der Waals surface area (Å²) in [5, 5.41) is 9.93. The van der Waals surface area contributed by atoms with Crippen molar-refractivity contribution >= 4 is 11.9 Å². The summed E-state index contributed by atoms with van der Waals surface area (Å²) in [7, 11) is 1.55. The molecule has 1 aromatic carbocycles. The van der Waals surface area contributed by atoms with Crippen LogP contribution < -0.4 is 10.6 Å². The maximum Gasteiger partial charge on any atom is 0.314 e. The first-order valence-electron chi connectivity index (χ1n) is 9.99. The van der Waals surface area contributed by atoms with E-state index in [1.54, 1.807) is 41.2 Å². The van der Waals surface area contributed by atoms with Crippen LogP contribution in [0.2, 0.25) is 0 Å². The summed E-state index contributed by atoms with van der Waals surface area (Å²) in [6.45, 7) is 1.03. The van der Waals surface area contributed by atoms with Crippen LogP contribution in [-0.2, 0) is 17.8 Å². The van der Waals surface area contributed by atoms with Gasteiger partial charge >= 0.3 is 6.03 Å². The van der Waals surface area contributed by atoms with Gasteiger partial charge in [-0.1, -0.05) is 12.1 Å². The normalized spacial score (nSPS) is 13.5. The number of aromatic nitrogens is 3. The average Bonchev–Trinajstić information content (AvgIpc) is 3.14. The Hall–Kier alpha value is -3.75. The summed E-state index contributed by atoms with van der Waals surface area (Å²) >= 11 is 0. The zero-order chi connectivity index (χ0) is 21.8. The Morgan fingerprint density at radius 3 is 2.52 bits per heavy atom. The van der Waals surface area contributed by atoms with E-state index in [0.29, 0.717) is 19.5 Å². The largest absolute Gasteiger partial charge is 0.341 e. The molecule has 0 aliphatic carbocycles. The molecule has 0 atom stereocenters. The van der Waals surface area contributed by atoms with Crippen LogP contribution in [0, 0.1) is 5.82 Å².